The Bertz CT molecular complexity index is 1060. The van der Waals surface area contributed by atoms with E-state index in [1.807, 2.05) is 48.5 Å². The molecule has 1 heterocycles. The van der Waals surface area contributed by atoms with Gasteiger partial charge in [0.1, 0.15) is 18.2 Å². The zero-order valence-electron chi connectivity index (χ0n) is 17.1. The van der Waals surface area contributed by atoms with Crippen LogP contribution in [0.2, 0.25) is 0 Å². The monoisotopic (exact) mass is 418 g/mol. The van der Waals surface area contributed by atoms with Gasteiger partial charge in [-0.1, -0.05) is 54.7 Å². The number of esters is 1. The standard InChI is InChI=1S/C24H22N2O3S/c1-15(2)23(28)29-14-24(3,4)26-22(27)18(13-25)21-16-9-5-7-11-19(16)30-20-12-8-6-10-17(20)21/h5-12H,1,14H2,2-4H3,(H,26,27). The average Bonchev–Trinajstić information content (AvgIpc) is 2.71. The summed E-state index contributed by atoms with van der Waals surface area (Å²) >= 11 is 1.61. The molecule has 1 amide bonds. The molecule has 1 aliphatic rings. The number of rotatable bonds is 5. The molecule has 1 aliphatic heterocycles. The minimum absolute atomic E-state index is 0.0227. The molecule has 0 spiro atoms. The van der Waals surface area contributed by atoms with Gasteiger partial charge in [0.05, 0.1) is 5.54 Å². The molecular weight excluding hydrogens is 396 g/mol. The lowest BCUT2D eigenvalue weighted by Gasteiger charge is -2.27. The highest BCUT2D eigenvalue weighted by Crippen LogP contribution is 2.46. The van der Waals surface area contributed by atoms with Crippen molar-refractivity contribution in [2.75, 3.05) is 6.61 Å². The Morgan fingerprint density at radius 1 is 1.10 bits per heavy atom. The molecule has 30 heavy (non-hydrogen) atoms. The van der Waals surface area contributed by atoms with Crippen LogP contribution in [0, 0.1) is 11.3 Å². The van der Waals surface area contributed by atoms with Gasteiger partial charge in [0.25, 0.3) is 5.91 Å². The van der Waals surface area contributed by atoms with Crippen molar-refractivity contribution in [3.63, 3.8) is 0 Å². The average molecular weight is 419 g/mol. The van der Waals surface area contributed by atoms with Crippen molar-refractivity contribution in [2.24, 2.45) is 0 Å². The molecule has 0 saturated carbocycles. The molecule has 0 atom stereocenters. The quantitative estimate of drug-likeness (QED) is 0.375. The Kier molecular flexibility index (Phi) is 6.14. The lowest BCUT2D eigenvalue weighted by Crippen LogP contribution is -2.48. The van der Waals surface area contributed by atoms with Crippen LogP contribution in [0.3, 0.4) is 0 Å². The predicted octanol–water partition coefficient (Wildman–Crippen LogP) is 4.49. The number of benzene rings is 2. The number of nitrogens with zero attached hydrogens (tertiary/aromatic N) is 1. The summed E-state index contributed by atoms with van der Waals surface area (Å²) in [4.78, 5) is 26.8. The van der Waals surface area contributed by atoms with Gasteiger partial charge >= 0.3 is 5.97 Å². The van der Waals surface area contributed by atoms with E-state index in [2.05, 4.69) is 18.0 Å². The Hall–Kier alpha value is -3.30. The maximum atomic E-state index is 13.1. The number of carbonyl (C=O) groups excluding carboxylic acids is 2. The van der Waals surface area contributed by atoms with Crippen LogP contribution in [-0.4, -0.2) is 24.0 Å². The summed E-state index contributed by atoms with van der Waals surface area (Å²) in [6, 6.07) is 17.5. The van der Waals surface area contributed by atoms with Crippen molar-refractivity contribution in [3.05, 3.63) is 77.4 Å². The largest absolute Gasteiger partial charge is 0.460 e. The van der Waals surface area contributed by atoms with Crippen LogP contribution >= 0.6 is 11.8 Å². The Morgan fingerprint density at radius 3 is 2.13 bits per heavy atom. The highest BCUT2D eigenvalue weighted by molar-refractivity contribution is 7.99. The normalized spacial score (nSPS) is 12.1. The number of nitriles is 1. The Morgan fingerprint density at radius 2 is 1.63 bits per heavy atom. The van der Waals surface area contributed by atoms with Crippen molar-refractivity contribution >= 4 is 29.2 Å². The van der Waals surface area contributed by atoms with E-state index in [1.54, 1.807) is 32.5 Å². The second-order valence-corrected chi connectivity index (χ2v) is 8.73. The molecule has 2 aromatic rings. The van der Waals surface area contributed by atoms with E-state index in [9.17, 15) is 14.9 Å². The fourth-order valence-corrected chi connectivity index (χ4v) is 4.14. The minimum Gasteiger partial charge on any atom is -0.460 e. The zero-order valence-corrected chi connectivity index (χ0v) is 17.9. The highest BCUT2D eigenvalue weighted by Gasteiger charge is 2.30. The second kappa shape index (κ2) is 8.60. The second-order valence-electron chi connectivity index (χ2n) is 7.65. The van der Waals surface area contributed by atoms with Crippen molar-refractivity contribution in [1.29, 1.82) is 5.26 Å². The third kappa shape index (κ3) is 4.47. The molecule has 0 aliphatic carbocycles. The van der Waals surface area contributed by atoms with Crippen molar-refractivity contribution in [3.8, 4) is 6.07 Å². The van der Waals surface area contributed by atoms with E-state index >= 15 is 0 Å². The number of carbonyl (C=O) groups is 2. The van der Waals surface area contributed by atoms with E-state index < -0.39 is 17.4 Å². The number of hydrogen-bond donors (Lipinski definition) is 1. The molecule has 0 unspecified atom stereocenters. The molecule has 0 aromatic heterocycles. The van der Waals surface area contributed by atoms with Gasteiger partial charge in [0, 0.05) is 20.9 Å². The molecule has 5 nitrogen and oxygen atoms in total. The first-order valence-corrected chi connectivity index (χ1v) is 10.2. The van der Waals surface area contributed by atoms with Gasteiger partial charge < -0.3 is 10.1 Å². The molecule has 6 heteroatoms. The van der Waals surface area contributed by atoms with Crippen LogP contribution in [0.25, 0.3) is 5.57 Å². The minimum atomic E-state index is -0.868. The molecule has 0 fully saturated rings. The lowest BCUT2D eigenvalue weighted by atomic mass is 9.92. The van der Waals surface area contributed by atoms with E-state index in [-0.39, 0.29) is 17.8 Å². The van der Waals surface area contributed by atoms with Gasteiger partial charge in [-0.2, -0.15) is 5.26 Å². The van der Waals surface area contributed by atoms with Gasteiger partial charge in [-0.05, 0) is 44.0 Å². The van der Waals surface area contributed by atoms with Gasteiger partial charge in [-0.25, -0.2) is 4.79 Å². The molecular formula is C24H22N2O3S. The molecule has 1 N–H and O–H groups in total. The first-order valence-electron chi connectivity index (χ1n) is 9.39. The van der Waals surface area contributed by atoms with Crippen LogP contribution in [0.5, 0.6) is 0 Å². The molecule has 0 saturated heterocycles. The van der Waals surface area contributed by atoms with Gasteiger partial charge in [0.2, 0.25) is 0 Å². The third-order valence-electron chi connectivity index (χ3n) is 4.49. The molecule has 152 valence electrons. The van der Waals surface area contributed by atoms with Crippen molar-refractivity contribution in [2.45, 2.75) is 36.1 Å². The fourth-order valence-electron chi connectivity index (χ4n) is 3.05. The molecule has 3 rings (SSSR count). The summed E-state index contributed by atoms with van der Waals surface area (Å²) in [5.74, 6) is -1.04. The van der Waals surface area contributed by atoms with Crippen molar-refractivity contribution < 1.29 is 14.3 Å². The highest BCUT2D eigenvalue weighted by atomic mass is 32.2. The van der Waals surface area contributed by atoms with E-state index in [1.165, 1.54) is 0 Å². The lowest BCUT2D eigenvalue weighted by molar-refractivity contribution is -0.141. The predicted molar refractivity (Wildman–Crippen MR) is 117 cm³/mol. The maximum absolute atomic E-state index is 13.1. The summed E-state index contributed by atoms with van der Waals surface area (Å²) in [7, 11) is 0. The SMILES string of the molecule is C=C(C)C(=O)OCC(C)(C)NC(=O)C(C#N)=C1c2ccccc2Sc2ccccc21. The van der Waals surface area contributed by atoms with Crippen molar-refractivity contribution in [1.82, 2.24) is 5.32 Å². The number of fused-ring (bicyclic) bond motifs is 2. The third-order valence-corrected chi connectivity index (χ3v) is 5.64. The van der Waals surface area contributed by atoms with E-state index in [0.29, 0.717) is 5.57 Å². The van der Waals surface area contributed by atoms with Gasteiger partial charge in [-0.15, -0.1) is 0 Å². The van der Waals surface area contributed by atoms with Gasteiger partial charge in [0.15, 0.2) is 0 Å². The number of hydrogen-bond acceptors (Lipinski definition) is 5. The van der Waals surface area contributed by atoms with E-state index in [4.69, 9.17) is 4.74 Å². The van der Waals surface area contributed by atoms with Crippen LogP contribution in [-0.2, 0) is 14.3 Å². The Balaban J connectivity index is 1.99. The summed E-state index contributed by atoms with van der Waals surface area (Å²) in [5.41, 5.74) is 1.74. The zero-order chi connectivity index (χ0) is 21.9. The molecule has 0 bridgehead atoms. The summed E-state index contributed by atoms with van der Waals surface area (Å²) < 4.78 is 5.19. The number of amides is 1. The summed E-state index contributed by atoms with van der Waals surface area (Å²) in [6.07, 6.45) is 0. The number of ether oxygens (including phenoxy) is 1. The molecule has 2 aromatic carbocycles. The van der Waals surface area contributed by atoms with Crippen LogP contribution in [0.15, 0.2) is 76.0 Å². The van der Waals surface area contributed by atoms with Crippen LogP contribution < -0.4 is 5.32 Å². The van der Waals surface area contributed by atoms with Crippen LogP contribution in [0.4, 0.5) is 0 Å². The number of nitrogens with one attached hydrogen (secondary N) is 1. The van der Waals surface area contributed by atoms with E-state index in [0.717, 1.165) is 20.9 Å². The summed E-state index contributed by atoms with van der Waals surface area (Å²) in [5, 5.41) is 12.7. The maximum Gasteiger partial charge on any atom is 0.333 e. The van der Waals surface area contributed by atoms with Gasteiger partial charge in [-0.3, -0.25) is 4.79 Å². The summed E-state index contributed by atoms with van der Waals surface area (Å²) in [6.45, 7) is 8.53. The fraction of sp³-hybridized carbons (Fsp3) is 0.208. The first kappa shape index (κ1) is 21.4. The topological polar surface area (TPSA) is 79.2 Å². The first-order chi connectivity index (χ1) is 14.2. The molecule has 0 radical (unpaired) electrons. The smallest absolute Gasteiger partial charge is 0.333 e. The Labute approximate surface area is 180 Å². The van der Waals surface area contributed by atoms with Crippen LogP contribution in [0.1, 0.15) is 31.9 Å².